The van der Waals surface area contributed by atoms with Gasteiger partial charge in [-0.15, -0.1) is 0 Å². The van der Waals surface area contributed by atoms with Gasteiger partial charge in [0.15, 0.2) is 5.78 Å². The van der Waals surface area contributed by atoms with Crippen LogP contribution >= 0.6 is 0 Å². The SMILES string of the molecule is CC1(C)C(=O)C(C#N)=C[C@]2(C)C[C@H](F)CC[C@@H]12. The first-order valence-electron chi connectivity index (χ1n) is 6.13. The summed E-state index contributed by atoms with van der Waals surface area (Å²) in [6.07, 6.45) is 2.60. The second kappa shape index (κ2) is 3.66. The van der Waals surface area contributed by atoms with Gasteiger partial charge in [0.25, 0.3) is 0 Å². The molecule has 0 aromatic rings. The third-order valence-corrected chi connectivity index (χ3v) is 4.52. The second-order valence-corrected chi connectivity index (χ2v) is 6.16. The van der Waals surface area contributed by atoms with Crippen molar-refractivity contribution in [1.29, 1.82) is 5.26 Å². The molecule has 2 rings (SSSR count). The highest BCUT2D eigenvalue weighted by molar-refractivity contribution is 6.04. The molecule has 0 spiro atoms. The van der Waals surface area contributed by atoms with E-state index in [1.807, 2.05) is 26.8 Å². The minimum absolute atomic E-state index is 0.0835. The molecule has 0 radical (unpaired) electrons. The maximum atomic E-state index is 13.6. The van der Waals surface area contributed by atoms with Crippen LogP contribution in [0.3, 0.4) is 0 Å². The molecule has 1 saturated carbocycles. The Labute approximate surface area is 102 Å². The number of hydrogen-bond donors (Lipinski definition) is 0. The van der Waals surface area contributed by atoms with Crippen molar-refractivity contribution in [3.63, 3.8) is 0 Å². The Kier molecular flexibility index (Phi) is 2.65. The summed E-state index contributed by atoms with van der Waals surface area (Å²) in [5.41, 5.74) is -0.683. The van der Waals surface area contributed by atoms with Gasteiger partial charge in [0.05, 0.1) is 5.57 Å². The number of nitrogens with zero attached hydrogens (tertiary/aromatic N) is 1. The lowest BCUT2D eigenvalue weighted by atomic mass is 9.52. The number of nitriles is 1. The van der Waals surface area contributed by atoms with Crippen molar-refractivity contribution in [3.8, 4) is 6.07 Å². The highest BCUT2D eigenvalue weighted by atomic mass is 19.1. The predicted octanol–water partition coefficient (Wildman–Crippen LogP) is 3.19. The maximum Gasteiger partial charge on any atom is 0.178 e. The van der Waals surface area contributed by atoms with Gasteiger partial charge < -0.3 is 0 Å². The van der Waals surface area contributed by atoms with Crippen LogP contribution in [0.25, 0.3) is 0 Å². The summed E-state index contributed by atoms with van der Waals surface area (Å²) < 4.78 is 13.6. The molecule has 17 heavy (non-hydrogen) atoms. The van der Waals surface area contributed by atoms with E-state index in [0.717, 1.165) is 6.42 Å². The molecule has 3 heteroatoms. The Morgan fingerprint density at radius 2 is 2.06 bits per heavy atom. The Morgan fingerprint density at radius 3 is 2.65 bits per heavy atom. The molecule has 0 amide bonds. The first-order valence-corrected chi connectivity index (χ1v) is 6.13. The number of fused-ring (bicyclic) bond motifs is 1. The molecule has 2 aliphatic rings. The van der Waals surface area contributed by atoms with Crippen LogP contribution in [0.2, 0.25) is 0 Å². The molecule has 2 nitrogen and oxygen atoms in total. The average Bonchev–Trinajstić information content (AvgIpc) is 2.23. The van der Waals surface area contributed by atoms with E-state index in [0.29, 0.717) is 12.8 Å². The van der Waals surface area contributed by atoms with Gasteiger partial charge >= 0.3 is 0 Å². The van der Waals surface area contributed by atoms with Crippen LogP contribution in [-0.2, 0) is 4.79 Å². The molecule has 0 heterocycles. The van der Waals surface area contributed by atoms with E-state index in [9.17, 15) is 9.18 Å². The lowest BCUT2D eigenvalue weighted by Crippen LogP contribution is -2.49. The minimum atomic E-state index is -0.809. The third kappa shape index (κ3) is 1.71. The van der Waals surface area contributed by atoms with E-state index in [4.69, 9.17) is 5.26 Å². The fraction of sp³-hybridized carbons (Fsp3) is 0.714. The van der Waals surface area contributed by atoms with Crippen LogP contribution in [-0.4, -0.2) is 12.0 Å². The summed E-state index contributed by atoms with van der Waals surface area (Å²) in [4.78, 5) is 12.2. The Hall–Kier alpha value is -1.17. The molecule has 92 valence electrons. The number of allylic oxidation sites excluding steroid dienone is 2. The van der Waals surface area contributed by atoms with Crippen molar-refractivity contribution in [1.82, 2.24) is 0 Å². The molecule has 0 saturated heterocycles. The average molecular weight is 235 g/mol. The zero-order chi connectivity index (χ0) is 12.8. The van der Waals surface area contributed by atoms with E-state index < -0.39 is 11.6 Å². The molecule has 1 fully saturated rings. The summed E-state index contributed by atoms with van der Waals surface area (Å²) in [6, 6.07) is 1.97. The van der Waals surface area contributed by atoms with E-state index >= 15 is 0 Å². The number of Topliss-reactive ketones (excluding diaryl/α,β-unsaturated/α-hetero) is 1. The number of carbonyl (C=O) groups is 1. The van der Waals surface area contributed by atoms with E-state index in [1.165, 1.54) is 0 Å². The van der Waals surface area contributed by atoms with E-state index in [1.54, 1.807) is 6.08 Å². The molecule has 3 atom stereocenters. The van der Waals surface area contributed by atoms with Crippen LogP contribution in [0.4, 0.5) is 4.39 Å². The molecule has 2 aliphatic carbocycles. The molecule has 0 N–H and O–H groups in total. The second-order valence-electron chi connectivity index (χ2n) is 6.16. The van der Waals surface area contributed by atoms with Gasteiger partial charge in [-0.1, -0.05) is 26.8 Å². The van der Waals surface area contributed by atoms with Crippen molar-refractivity contribution in [2.24, 2.45) is 16.7 Å². The van der Waals surface area contributed by atoms with Gasteiger partial charge in [-0.25, -0.2) is 4.39 Å². The molecule has 0 bridgehead atoms. The minimum Gasteiger partial charge on any atom is -0.293 e. The standard InChI is InChI=1S/C14H18FNO/c1-13(2)11-5-4-10(15)7-14(11,3)6-9(8-16)12(13)17/h6,10-11H,4-5,7H2,1-3H3/t10-,11+,14-/m1/s1. The first kappa shape index (κ1) is 12.3. The van der Waals surface area contributed by atoms with Gasteiger partial charge in [-0.3, -0.25) is 4.79 Å². The van der Waals surface area contributed by atoms with Crippen molar-refractivity contribution in [2.75, 3.05) is 0 Å². The quantitative estimate of drug-likeness (QED) is 0.647. The predicted molar refractivity (Wildman–Crippen MR) is 62.8 cm³/mol. The van der Waals surface area contributed by atoms with Crippen molar-refractivity contribution in [2.45, 2.75) is 46.2 Å². The number of halogens is 1. The third-order valence-electron chi connectivity index (χ3n) is 4.52. The summed E-state index contributed by atoms with van der Waals surface area (Å²) in [7, 11) is 0. The smallest absolute Gasteiger partial charge is 0.178 e. The highest BCUT2D eigenvalue weighted by Crippen LogP contribution is 2.55. The molecular weight excluding hydrogens is 217 g/mol. The summed E-state index contributed by atoms with van der Waals surface area (Å²) in [5.74, 6) is 0.0615. The fourth-order valence-electron chi connectivity index (χ4n) is 3.73. The maximum absolute atomic E-state index is 13.6. The summed E-state index contributed by atoms with van der Waals surface area (Å²) in [6.45, 7) is 5.76. The Morgan fingerprint density at radius 1 is 1.41 bits per heavy atom. The summed E-state index contributed by atoms with van der Waals surface area (Å²) in [5, 5.41) is 9.03. The van der Waals surface area contributed by atoms with Gasteiger partial charge in [-0.05, 0) is 30.6 Å². The van der Waals surface area contributed by atoms with Gasteiger partial charge in [0, 0.05) is 5.41 Å². The monoisotopic (exact) mass is 235 g/mol. The zero-order valence-corrected chi connectivity index (χ0v) is 10.6. The van der Waals surface area contributed by atoms with Crippen LogP contribution in [0.15, 0.2) is 11.6 Å². The lowest BCUT2D eigenvalue weighted by molar-refractivity contribution is -0.131. The number of rotatable bonds is 0. The molecular formula is C14H18FNO. The van der Waals surface area contributed by atoms with Gasteiger partial charge in [0.1, 0.15) is 12.2 Å². The van der Waals surface area contributed by atoms with Crippen LogP contribution < -0.4 is 0 Å². The van der Waals surface area contributed by atoms with Gasteiger partial charge in [-0.2, -0.15) is 5.26 Å². The van der Waals surface area contributed by atoms with Gasteiger partial charge in [0.2, 0.25) is 0 Å². The van der Waals surface area contributed by atoms with E-state index in [2.05, 4.69) is 0 Å². The Bertz CT molecular complexity index is 432. The fourth-order valence-corrected chi connectivity index (χ4v) is 3.73. The van der Waals surface area contributed by atoms with Crippen molar-refractivity contribution in [3.05, 3.63) is 11.6 Å². The largest absolute Gasteiger partial charge is 0.293 e. The first-order chi connectivity index (χ1) is 7.81. The number of ketones is 1. The molecule has 0 aromatic carbocycles. The zero-order valence-electron chi connectivity index (χ0n) is 10.6. The highest BCUT2D eigenvalue weighted by Gasteiger charge is 2.53. The number of alkyl halides is 1. The molecule has 0 unspecified atom stereocenters. The lowest BCUT2D eigenvalue weighted by Gasteiger charge is -2.50. The number of hydrogen-bond acceptors (Lipinski definition) is 2. The summed E-state index contributed by atoms with van der Waals surface area (Å²) >= 11 is 0. The van der Waals surface area contributed by atoms with Crippen molar-refractivity contribution >= 4 is 5.78 Å². The van der Waals surface area contributed by atoms with Crippen LogP contribution in [0.1, 0.15) is 40.0 Å². The van der Waals surface area contributed by atoms with E-state index in [-0.39, 0.29) is 22.7 Å². The number of carbonyl (C=O) groups excluding carboxylic acids is 1. The van der Waals surface area contributed by atoms with Crippen molar-refractivity contribution < 1.29 is 9.18 Å². The normalized spacial score (nSPS) is 40.2. The van der Waals surface area contributed by atoms with Crippen LogP contribution in [0, 0.1) is 28.1 Å². The topological polar surface area (TPSA) is 40.9 Å². The Balaban J connectivity index is 2.51. The molecule has 0 aliphatic heterocycles. The van der Waals surface area contributed by atoms with Crippen LogP contribution in [0.5, 0.6) is 0 Å². The molecule has 0 aromatic heterocycles.